The summed E-state index contributed by atoms with van der Waals surface area (Å²) in [4.78, 5) is 22.1. The van der Waals surface area contributed by atoms with Crippen LogP contribution in [0.1, 0.15) is 0 Å². The van der Waals surface area contributed by atoms with Crippen LogP contribution in [0.4, 0.5) is 4.79 Å². The quantitative estimate of drug-likeness (QED) is 0.547. The molecule has 56 valence electrons. The maximum Gasteiger partial charge on any atom is 0.410 e. The number of amides is 1. The van der Waals surface area contributed by atoms with E-state index < -0.39 is 11.3 Å². The van der Waals surface area contributed by atoms with Gasteiger partial charge in [-0.05, 0) is 11.6 Å². The summed E-state index contributed by atoms with van der Waals surface area (Å²) in [5, 5.41) is -0.543. The van der Waals surface area contributed by atoms with E-state index in [4.69, 9.17) is 11.6 Å². The molecule has 1 heterocycles. The summed E-state index contributed by atoms with van der Waals surface area (Å²) in [7, 11) is 0. The molecule has 0 saturated carbocycles. The molecule has 1 amide bonds. The molecule has 0 aromatic rings. The van der Waals surface area contributed by atoms with Gasteiger partial charge in [0.1, 0.15) is 6.61 Å². The molecular formula is C5H6ClNO3. The second kappa shape index (κ2) is 2.88. The van der Waals surface area contributed by atoms with Gasteiger partial charge in [0, 0.05) is 0 Å². The SMILES string of the molecule is O=C(Cl)CN1CCOC1=O. The summed E-state index contributed by atoms with van der Waals surface area (Å²) in [6, 6.07) is 0. The Morgan fingerprint density at radius 3 is 2.90 bits per heavy atom. The number of cyclic esters (lactones) is 1. The van der Waals surface area contributed by atoms with E-state index in [0.29, 0.717) is 13.2 Å². The Balaban J connectivity index is 2.40. The Kier molecular flexibility index (Phi) is 2.11. The van der Waals surface area contributed by atoms with Crippen LogP contribution in [-0.4, -0.2) is 35.9 Å². The highest BCUT2D eigenvalue weighted by Crippen LogP contribution is 2.02. The molecule has 0 aromatic carbocycles. The lowest BCUT2D eigenvalue weighted by molar-refractivity contribution is -0.112. The van der Waals surface area contributed by atoms with Gasteiger partial charge in [-0.25, -0.2) is 4.79 Å². The van der Waals surface area contributed by atoms with Gasteiger partial charge in [-0.1, -0.05) is 0 Å². The van der Waals surface area contributed by atoms with Crippen molar-refractivity contribution in [2.45, 2.75) is 0 Å². The van der Waals surface area contributed by atoms with Gasteiger partial charge < -0.3 is 4.74 Å². The summed E-state index contributed by atoms with van der Waals surface area (Å²) in [6.45, 7) is 0.751. The van der Waals surface area contributed by atoms with Crippen LogP contribution in [-0.2, 0) is 9.53 Å². The van der Waals surface area contributed by atoms with Crippen molar-refractivity contribution in [1.29, 1.82) is 0 Å². The first-order chi connectivity index (χ1) is 4.70. The zero-order chi connectivity index (χ0) is 7.56. The van der Waals surface area contributed by atoms with Gasteiger partial charge >= 0.3 is 6.09 Å². The van der Waals surface area contributed by atoms with E-state index in [-0.39, 0.29) is 6.54 Å². The molecule has 0 bridgehead atoms. The number of carbonyl (C=O) groups is 2. The fraction of sp³-hybridized carbons (Fsp3) is 0.600. The fourth-order valence-electron chi connectivity index (χ4n) is 0.719. The first kappa shape index (κ1) is 7.34. The number of carbonyl (C=O) groups excluding carboxylic acids is 2. The lowest BCUT2D eigenvalue weighted by atomic mass is 10.6. The van der Waals surface area contributed by atoms with Gasteiger partial charge in [0.05, 0.1) is 13.1 Å². The fourth-order valence-corrected chi connectivity index (χ4v) is 0.864. The molecule has 0 unspecified atom stereocenters. The van der Waals surface area contributed by atoms with Crippen LogP contribution in [0.15, 0.2) is 0 Å². The predicted molar refractivity (Wildman–Crippen MR) is 33.8 cm³/mol. The Hall–Kier alpha value is -0.770. The minimum atomic E-state index is -0.543. The second-order valence-corrected chi connectivity index (χ2v) is 2.31. The Morgan fingerprint density at radius 2 is 2.50 bits per heavy atom. The van der Waals surface area contributed by atoms with Crippen LogP contribution in [0.25, 0.3) is 0 Å². The van der Waals surface area contributed by atoms with Gasteiger partial charge in [-0.2, -0.15) is 0 Å². The van der Waals surface area contributed by atoms with E-state index in [1.54, 1.807) is 0 Å². The monoisotopic (exact) mass is 163 g/mol. The van der Waals surface area contributed by atoms with Gasteiger partial charge in [-0.3, -0.25) is 9.69 Å². The molecule has 4 nitrogen and oxygen atoms in total. The zero-order valence-electron chi connectivity index (χ0n) is 5.17. The largest absolute Gasteiger partial charge is 0.448 e. The first-order valence-electron chi connectivity index (χ1n) is 2.80. The van der Waals surface area contributed by atoms with Crippen molar-refractivity contribution in [2.75, 3.05) is 19.7 Å². The third-order valence-electron chi connectivity index (χ3n) is 1.16. The average Bonchev–Trinajstić information content (AvgIpc) is 2.15. The average molecular weight is 164 g/mol. The van der Waals surface area contributed by atoms with Crippen molar-refractivity contribution < 1.29 is 14.3 Å². The molecule has 1 fully saturated rings. The molecule has 0 spiro atoms. The standard InChI is InChI=1S/C5H6ClNO3/c6-4(8)3-7-1-2-10-5(7)9/h1-3H2. The predicted octanol–water partition coefficient (Wildman–Crippen LogP) is 0.204. The highest BCUT2D eigenvalue weighted by atomic mass is 35.5. The van der Waals surface area contributed by atoms with E-state index in [0.717, 1.165) is 0 Å². The molecule has 0 aromatic heterocycles. The molecule has 0 aliphatic carbocycles. The van der Waals surface area contributed by atoms with Crippen molar-refractivity contribution in [3.8, 4) is 0 Å². The molecule has 1 aliphatic heterocycles. The van der Waals surface area contributed by atoms with Crippen LogP contribution in [0.5, 0.6) is 0 Å². The van der Waals surface area contributed by atoms with Crippen LogP contribution in [0.2, 0.25) is 0 Å². The van der Waals surface area contributed by atoms with Gasteiger partial charge in [0.15, 0.2) is 0 Å². The molecule has 5 heteroatoms. The molecule has 0 N–H and O–H groups in total. The molecular weight excluding hydrogens is 158 g/mol. The third kappa shape index (κ3) is 1.60. The van der Waals surface area contributed by atoms with E-state index in [1.807, 2.05) is 0 Å². The number of ether oxygens (including phenoxy) is 1. The highest BCUT2D eigenvalue weighted by molar-refractivity contribution is 6.64. The summed E-state index contributed by atoms with van der Waals surface area (Å²) in [6.07, 6.45) is -0.464. The number of halogens is 1. The minimum absolute atomic E-state index is 0.0552. The van der Waals surface area contributed by atoms with Crippen LogP contribution < -0.4 is 0 Å². The van der Waals surface area contributed by atoms with Crippen LogP contribution in [0, 0.1) is 0 Å². The number of nitrogens with zero attached hydrogens (tertiary/aromatic N) is 1. The van der Waals surface area contributed by atoms with Crippen molar-refractivity contribution in [2.24, 2.45) is 0 Å². The zero-order valence-corrected chi connectivity index (χ0v) is 5.93. The number of rotatable bonds is 2. The smallest absolute Gasteiger partial charge is 0.410 e. The Morgan fingerprint density at radius 1 is 1.80 bits per heavy atom. The van der Waals surface area contributed by atoms with Gasteiger partial charge in [0.2, 0.25) is 5.24 Å². The van der Waals surface area contributed by atoms with E-state index >= 15 is 0 Å². The number of hydrogen-bond acceptors (Lipinski definition) is 3. The van der Waals surface area contributed by atoms with Crippen LogP contribution >= 0.6 is 11.6 Å². The molecule has 10 heavy (non-hydrogen) atoms. The Labute approximate surface area is 62.7 Å². The lowest BCUT2D eigenvalue weighted by Crippen LogP contribution is -2.28. The normalized spacial score (nSPS) is 17.3. The summed E-state index contributed by atoms with van der Waals surface area (Å²) >= 11 is 5.03. The number of hydrogen-bond donors (Lipinski definition) is 0. The molecule has 0 atom stereocenters. The van der Waals surface area contributed by atoms with Crippen LogP contribution in [0.3, 0.4) is 0 Å². The first-order valence-corrected chi connectivity index (χ1v) is 3.18. The molecule has 0 radical (unpaired) electrons. The summed E-state index contributed by atoms with van der Waals surface area (Å²) in [5.74, 6) is 0. The minimum Gasteiger partial charge on any atom is -0.448 e. The topological polar surface area (TPSA) is 46.6 Å². The Bertz CT molecular complexity index is 170. The lowest BCUT2D eigenvalue weighted by Gasteiger charge is -2.07. The summed E-state index contributed by atoms with van der Waals surface area (Å²) < 4.78 is 4.54. The van der Waals surface area contributed by atoms with E-state index in [1.165, 1.54) is 4.90 Å². The van der Waals surface area contributed by atoms with Gasteiger partial charge in [0.25, 0.3) is 0 Å². The molecule has 1 saturated heterocycles. The second-order valence-electron chi connectivity index (χ2n) is 1.89. The molecule has 1 rings (SSSR count). The molecule has 1 aliphatic rings. The van der Waals surface area contributed by atoms with E-state index in [2.05, 4.69) is 4.74 Å². The van der Waals surface area contributed by atoms with E-state index in [9.17, 15) is 9.59 Å². The van der Waals surface area contributed by atoms with Gasteiger partial charge in [-0.15, -0.1) is 0 Å². The van der Waals surface area contributed by atoms with Crippen molar-refractivity contribution in [3.05, 3.63) is 0 Å². The maximum atomic E-state index is 10.6. The summed E-state index contributed by atoms with van der Waals surface area (Å²) in [5.41, 5.74) is 0. The van der Waals surface area contributed by atoms with Crippen molar-refractivity contribution in [3.63, 3.8) is 0 Å². The third-order valence-corrected chi connectivity index (χ3v) is 1.28. The maximum absolute atomic E-state index is 10.6. The van der Waals surface area contributed by atoms with Crippen molar-refractivity contribution in [1.82, 2.24) is 4.90 Å². The van der Waals surface area contributed by atoms with Crippen molar-refractivity contribution >= 4 is 22.9 Å². The highest BCUT2D eigenvalue weighted by Gasteiger charge is 2.22.